The molecule has 1 aromatic carbocycles. The van der Waals surface area contributed by atoms with E-state index in [0.29, 0.717) is 0 Å². The summed E-state index contributed by atoms with van der Waals surface area (Å²) in [6.07, 6.45) is 1.04. The van der Waals surface area contributed by atoms with Crippen LogP contribution in [0.5, 0.6) is 5.75 Å². The molecule has 4 heteroatoms. The first-order valence-corrected chi connectivity index (χ1v) is 6.02. The zero-order chi connectivity index (χ0) is 12.4. The first-order valence-electron chi connectivity index (χ1n) is 6.02. The molecule has 1 heterocycles. The third-order valence-corrected chi connectivity index (χ3v) is 2.63. The van der Waals surface area contributed by atoms with Gasteiger partial charge in [0.1, 0.15) is 11.6 Å². The lowest BCUT2D eigenvalue weighted by atomic mass is 10.2. The second kappa shape index (κ2) is 4.75. The molecule has 2 rings (SSSR count). The Balaban J connectivity index is 2.34. The number of fused-ring (bicyclic) bond motifs is 1. The molecule has 0 amide bonds. The second-order valence-corrected chi connectivity index (χ2v) is 4.48. The van der Waals surface area contributed by atoms with Gasteiger partial charge in [-0.25, -0.2) is 4.98 Å². The van der Waals surface area contributed by atoms with Crippen molar-refractivity contribution < 1.29 is 4.74 Å². The van der Waals surface area contributed by atoms with Crippen molar-refractivity contribution in [3.8, 4) is 5.75 Å². The van der Waals surface area contributed by atoms with Gasteiger partial charge in [-0.05, 0) is 32.4 Å². The molecule has 0 spiro atoms. The van der Waals surface area contributed by atoms with Crippen LogP contribution in [-0.4, -0.2) is 16.1 Å². The predicted octanol–water partition coefficient (Wildman–Crippen LogP) is 2.76. The number of benzene rings is 1. The smallest absolute Gasteiger partial charge is 0.124 e. The summed E-state index contributed by atoms with van der Waals surface area (Å²) in [5.74, 6) is 1.69. The first-order chi connectivity index (χ1) is 8.10. The zero-order valence-corrected chi connectivity index (χ0v) is 10.5. The largest absolute Gasteiger partial charge is 0.491 e. The lowest BCUT2D eigenvalue weighted by Gasteiger charge is -2.08. The number of nitrogens with one attached hydrogen (secondary N) is 1. The minimum Gasteiger partial charge on any atom is -0.491 e. The number of aromatic amines is 1. The third kappa shape index (κ3) is 2.58. The van der Waals surface area contributed by atoms with Gasteiger partial charge in [0, 0.05) is 6.07 Å². The number of hydrogen-bond donors (Lipinski definition) is 2. The molecule has 2 aromatic rings. The summed E-state index contributed by atoms with van der Waals surface area (Å²) in [5.41, 5.74) is 7.86. The van der Waals surface area contributed by atoms with Gasteiger partial charge in [-0.2, -0.15) is 0 Å². The predicted molar refractivity (Wildman–Crippen MR) is 69.1 cm³/mol. The van der Waals surface area contributed by atoms with Gasteiger partial charge in [-0.3, -0.25) is 0 Å². The highest BCUT2D eigenvalue weighted by Gasteiger charge is 2.10. The van der Waals surface area contributed by atoms with E-state index in [1.54, 1.807) is 0 Å². The van der Waals surface area contributed by atoms with Gasteiger partial charge in [0.15, 0.2) is 0 Å². The van der Waals surface area contributed by atoms with Crippen LogP contribution in [0.1, 0.15) is 39.1 Å². The fourth-order valence-electron chi connectivity index (χ4n) is 1.72. The van der Waals surface area contributed by atoms with E-state index >= 15 is 0 Å². The van der Waals surface area contributed by atoms with Gasteiger partial charge in [-0.1, -0.05) is 6.92 Å². The van der Waals surface area contributed by atoms with Gasteiger partial charge in [0.2, 0.25) is 0 Å². The van der Waals surface area contributed by atoms with Gasteiger partial charge < -0.3 is 15.5 Å². The Bertz CT molecular complexity index is 504. The number of hydrogen-bond acceptors (Lipinski definition) is 3. The number of nitrogens with zero attached hydrogens (tertiary/aromatic N) is 1. The van der Waals surface area contributed by atoms with Crippen LogP contribution >= 0.6 is 0 Å². The summed E-state index contributed by atoms with van der Waals surface area (Å²) in [6, 6.07) is 5.82. The maximum Gasteiger partial charge on any atom is 0.124 e. The molecule has 92 valence electrons. The zero-order valence-electron chi connectivity index (χ0n) is 10.5. The fourth-order valence-corrected chi connectivity index (χ4v) is 1.72. The van der Waals surface area contributed by atoms with E-state index in [2.05, 4.69) is 9.97 Å². The van der Waals surface area contributed by atoms with E-state index in [1.807, 2.05) is 39.0 Å². The topological polar surface area (TPSA) is 63.9 Å². The number of aromatic nitrogens is 2. The number of imidazole rings is 1. The Hall–Kier alpha value is -1.55. The van der Waals surface area contributed by atoms with Gasteiger partial charge in [0.25, 0.3) is 0 Å². The highest BCUT2D eigenvalue weighted by atomic mass is 16.5. The Morgan fingerprint density at radius 1 is 1.41 bits per heavy atom. The molecule has 0 aliphatic carbocycles. The van der Waals surface area contributed by atoms with Crippen molar-refractivity contribution >= 4 is 11.0 Å². The fraction of sp³-hybridized carbons (Fsp3) is 0.462. The van der Waals surface area contributed by atoms with Crippen molar-refractivity contribution in [2.75, 3.05) is 0 Å². The Labute approximate surface area is 101 Å². The van der Waals surface area contributed by atoms with Crippen LogP contribution in [0.4, 0.5) is 0 Å². The van der Waals surface area contributed by atoms with Crippen LogP contribution < -0.4 is 10.5 Å². The van der Waals surface area contributed by atoms with Crippen molar-refractivity contribution in [2.45, 2.75) is 39.3 Å². The summed E-state index contributed by atoms with van der Waals surface area (Å²) < 4.78 is 5.64. The van der Waals surface area contributed by atoms with Crippen molar-refractivity contribution in [1.82, 2.24) is 9.97 Å². The van der Waals surface area contributed by atoms with E-state index in [1.165, 1.54) is 0 Å². The van der Waals surface area contributed by atoms with Gasteiger partial charge in [0.05, 0.1) is 23.2 Å². The molecule has 0 saturated heterocycles. The van der Waals surface area contributed by atoms with Crippen molar-refractivity contribution in [2.24, 2.45) is 5.73 Å². The van der Waals surface area contributed by atoms with Crippen LogP contribution in [0.2, 0.25) is 0 Å². The molecule has 1 unspecified atom stereocenters. The lowest BCUT2D eigenvalue weighted by Crippen LogP contribution is -2.10. The quantitative estimate of drug-likeness (QED) is 0.853. The standard InChI is InChI=1S/C13H19N3O/c1-4-10(14)13-15-11-6-5-9(17-8(2)3)7-12(11)16-13/h5-8,10H,4,14H2,1-3H3,(H,15,16). The second-order valence-electron chi connectivity index (χ2n) is 4.48. The molecule has 0 bridgehead atoms. The third-order valence-electron chi connectivity index (χ3n) is 2.63. The SMILES string of the molecule is CCC(N)c1nc2ccc(OC(C)C)cc2[nH]1. The maximum atomic E-state index is 5.95. The normalized spacial score (nSPS) is 13.2. The highest BCUT2D eigenvalue weighted by Crippen LogP contribution is 2.22. The van der Waals surface area contributed by atoms with Gasteiger partial charge in [-0.15, -0.1) is 0 Å². The van der Waals surface area contributed by atoms with Crippen LogP contribution in [-0.2, 0) is 0 Å². The van der Waals surface area contributed by atoms with Crippen LogP contribution in [0, 0.1) is 0 Å². The molecule has 1 aromatic heterocycles. The average molecular weight is 233 g/mol. The van der Waals surface area contributed by atoms with Crippen molar-refractivity contribution in [3.05, 3.63) is 24.0 Å². The van der Waals surface area contributed by atoms with E-state index in [0.717, 1.165) is 29.0 Å². The molecule has 1 atom stereocenters. The Morgan fingerprint density at radius 3 is 2.82 bits per heavy atom. The Kier molecular flexibility index (Phi) is 3.33. The summed E-state index contributed by atoms with van der Waals surface area (Å²) in [7, 11) is 0. The van der Waals surface area contributed by atoms with E-state index in [-0.39, 0.29) is 12.1 Å². The minimum atomic E-state index is -0.0307. The number of nitrogens with two attached hydrogens (primary N) is 1. The highest BCUT2D eigenvalue weighted by molar-refractivity contribution is 5.76. The summed E-state index contributed by atoms with van der Waals surface area (Å²) in [6.45, 7) is 6.07. The van der Waals surface area contributed by atoms with Crippen LogP contribution in [0.25, 0.3) is 11.0 Å². The summed E-state index contributed by atoms with van der Waals surface area (Å²) in [4.78, 5) is 7.71. The van der Waals surface area contributed by atoms with Crippen molar-refractivity contribution in [1.29, 1.82) is 0 Å². The number of ether oxygens (including phenoxy) is 1. The van der Waals surface area contributed by atoms with Crippen LogP contribution in [0.15, 0.2) is 18.2 Å². The lowest BCUT2D eigenvalue weighted by molar-refractivity contribution is 0.242. The number of H-pyrrole nitrogens is 1. The maximum absolute atomic E-state index is 5.95. The Morgan fingerprint density at radius 2 is 2.18 bits per heavy atom. The van der Waals surface area contributed by atoms with E-state index in [4.69, 9.17) is 10.5 Å². The molecule has 0 radical (unpaired) electrons. The first kappa shape index (κ1) is 11.9. The summed E-state index contributed by atoms with van der Waals surface area (Å²) >= 11 is 0. The molecule has 4 nitrogen and oxygen atoms in total. The number of rotatable bonds is 4. The van der Waals surface area contributed by atoms with Crippen LogP contribution in [0.3, 0.4) is 0 Å². The molecule has 0 aliphatic rings. The molecule has 17 heavy (non-hydrogen) atoms. The van der Waals surface area contributed by atoms with Gasteiger partial charge >= 0.3 is 0 Å². The summed E-state index contributed by atoms with van der Waals surface area (Å²) in [5, 5.41) is 0. The molecule has 0 aliphatic heterocycles. The minimum absolute atomic E-state index is 0.0307. The molecule has 3 N–H and O–H groups in total. The van der Waals surface area contributed by atoms with Crippen molar-refractivity contribution in [3.63, 3.8) is 0 Å². The molecular weight excluding hydrogens is 214 g/mol. The van der Waals surface area contributed by atoms with E-state index in [9.17, 15) is 0 Å². The molecular formula is C13H19N3O. The van der Waals surface area contributed by atoms with E-state index < -0.39 is 0 Å². The average Bonchev–Trinajstić information content (AvgIpc) is 2.70. The molecule has 0 saturated carbocycles. The molecule has 0 fully saturated rings. The monoisotopic (exact) mass is 233 g/mol.